The molecule has 16 heavy (non-hydrogen) atoms. The SMILES string of the molecule is CC(C)COCCS(=O)(=O)C(C)(C)C(=O)O. The van der Waals surface area contributed by atoms with Gasteiger partial charge < -0.3 is 9.84 Å². The van der Waals surface area contributed by atoms with Crippen molar-refractivity contribution < 1.29 is 23.1 Å². The minimum atomic E-state index is -3.68. The van der Waals surface area contributed by atoms with Crippen LogP contribution in [0.5, 0.6) is 0 Å². The number of carboxylic acids is 1. The molecule has 0 saturated heterocycles. The molecule has 0 radical (unpaired) electrons. The lowest BCUT2D eigenvalue weighted by Gasteiger charge is -2.19. The first kappa shape index (κ1) is 15.4. The van der Waals surface area contributed by atoms with Gasteiger partial charge in [0.2, 0.25) is 0 Å². The van der Waals surface area contributed by atoms with Crippen LogP contribution in [0.25, 0.3) is 0 Å². The summed E-state index contributed by atoms with van der Waals surface area (Å²) in [5.41, 5.74) is 0. The predicted octanol–water partition coefficient (Wildman–Crippen LogP) is 0.937. The molecule has 0 aromatic rings. The van der Waals surface area contributed by atoms with Gasteiger partial charge >= 0.3 is 5.97 Å². The summed E-state index contributed by atoms with van der Waals surface area (Å²) in [6, 6.07) is 0. The lowest BCUT2D eigenvalue weighted by atomic mass is 10.2. The molecule has 0 aliphatic rings. The zero-order chi connectivity index (χ0) is 13.0. The molecule has 96 valence electrons. The minimum absolute atomic E-state index is 0.0389. The summed E-state index contributed by atoms with van der Waals surface area (Å²) < 4.78 is 26.7. The van der Waals surface area contributed by atoms with E-state index in [1.54, 1.807) is 0 Å². The Balaban J connectivity index is 4.32. The molecule has 0 aromatic carbocycles. The third-order valence-corrected chi connectivity index (χ3v) is 4.67. The summed E-state index contributed by atoms with van der Waals surface area (Å²) in [6.07, 6.45) is 0. The molecule has 0 amide bonds. The van der Waals surface area contributed by atoms with Crippen molar-refractivity contribution >= 4 is 15.8 Å². The van der Waals surface area contributed by atoms with Gasteiger partial charge in [0, 0.05) is 6.61 Å². The van der Waals surface area contributed by atoms with E-state index in [0.29, 0.717) is 12.5 Å². The number of hydrogen-bond acceptors (Lipinski definition) is 4. The Morgan fingerprint density at radius 3 is 2.25 bits per heavy atom. The molecule has 0 rings (SSSR count). The number of ether oxygens (including phenoxy) is 1. The molecule has 5 nitrogen and oxygen atoms in total. The summed E-state index contributed by atoms with van der Waals surface area (Å²) in [5, 5.41) is 8.80. The summed E-state index contributed by atoms with van der Waals surface area (Å²) >= 11 is 0. The number of hydrogen-bond donors (Lipinski definition) is 1. The largest absolute Gasteiger partial charge is 0.480 e. The van der Waals surface area contributed by atoms with Crippen molar-refractivity contribution in [1.82, 2.24) is 0 Å². The first-order valence-corrected chi connectivity index (χ1v) is 6.80. The highest BCUT2D eigenvalue weighted by molar-refractivity contribution is 7.93. The zero-order valence-corrected chi connectivity index (χ0v) is 11.0. The van der Waals surface area contributed by atoms with E-state index < -0.39 is 20.6 Å². The molecule has 0 bridgehead atoms. The van der Waals surface area contributed by atoms with Gasteiger partial charge in [-0.25, -0.2) is 8.42 Å². The van der Waals surface area contributed by atoms with Crippen LogP contribution >= 0.6 is 0 Å². The van der Waals surface area contributed by atoms with Crippen molar-refractivity contribution in [1.29, 1.82) is 0 Å². The Morgan fingerprint density at radius 2 is 1.88 bits per heavy atom. The molecule has 0 aromatic heterocycles. The van der Waals surface area contributed by atoms with E-state index in [0.717, 1.165) is 0 Å². The van der Waals surface area contributed by atoms with Gasteiger partial charge in [-0.2, -0.15) is 0 Å². The van der Waals surface area contributed by atoms with E-state index in [1.807, 2.05) is 13.8 Å². The number of carboxylic acid groups (broad SMARTS) is 1. The topological polar surface area (TPSA) is 80.7 Å². The Morgan fingerprint density at radius 1 is 1.38 bits per heavy atom. The van der Waals surface area contributed by atoms with Crippen molar-refractivity contribution in [2.24, 2.45) is 5.92 Å². The smallest absolute Gasteiger partial charge is 0.324 e. The van der Waals surface area contributed by atoms with E-state index in [4.69, 9.17) is 9.84 Å². The Bertz CT molecular complexity index is 329. The summed E-state index contributed by atoms with van der Waals surface area (Å²) in [7, 11) is -3.68. The molecule has 0 aliphatic heterocycles. The second-order valence-corrected chi connectivity index (χ2v) is 7.26. The van der Waals surface area contributed by atoms with Gasteiger partial charge in [-0.05, 0) is 19.8 Å². The van der Waals surface area contributed by atoms with Crippen molar-refractivity contribution in [3.05, 3.63) is 0 Å². The molecule has 0 saturated carbocycles. The second-order valence-electron chi connectivity index (χ2n) is 4.60. The average molecular weight is 252 g/mol. The first-order chi connectivity index (χ1) is 7.11. The van der Waals surface area contributed by atoms with E-state index in [9.17, 15) is 13.2 Å². The van der Waals surface area contributed by atoms with E-state index in [1.165, 1.54) is 13.8 Å². The quantitative estimate of drug-likeness (QED) is 0.682. The number of rotatable bonds is 7. The fourth-order valence-electron chi connectivity index (χ4n) is 0.876. The van der Waals surface area contributed by atoms with Crippen LogP contribution in [-0.2, 0) is 19.4 Å². The van der Waals surface area contributed by atoms with Crippen molar-refractivity contribution in [2.45, 2.75) is 32.4 Å². The molecular weight excluding hydrogens is 232 g/mol. The lowest BCUT2D eigenvalue weighted by molar-refractivity contribution is -0.139. The van der Waals surface area contributed by atoms with Gasteiger partial charge in [-0.15, -0.1) is 0 Å². The molecule has 0 heterocycles. The molecule has 0 unspecified atom stereocenters. The monoisotopic (exact) mass is 252 g/mol. The van der Waals surface area contributed by atoms with E-state index >= 15 is 0 Å². The maximum atomic E-state index is 11.7. The molecule has 1 N–H and O–H groups in total. The Labute approximate surface area is 96.7 Å². The van der Waals surface area contributed by atoms with Crippen molar-refractivity contribution in [3.63, 3.8) is 0 Å². The summed E-state index contributed by atoms with van der Waals surface area (Å²) in [5.74, 6) is -1.27. The van der Waals surface area contributed by atoms with Crippen LogP contribution < -0.4 is 0 Å². The van der Waals surface area contributed by atoms with Gasteiger partial charge in [0.15, 0.2) is 14.6 Å². The minimum Gasteiger partial charge on any atom is -0.480 e. The zero-order valence-electron chi connectivity index (χ0n) is 10.2. The molecular formula is C10H20O5S. The number of sulfone groups is 1. The van der Waals surface area contributed by atoms with Crippen LogP contribution in [-0.4, -0.2) is 43.2 Å². The summed E-state index contributed by atoms with van der Waals surface area (Å²) in [6.45, 7) is 6.80. The summed E-state index contributed by atoms with van der Waals surface area (Å²) in [4.78, 5) is 10.8. The molecule has 6 heteroatoms. The molecule has 0 aliphatic carbocycles. The Hall–Kier alpha value is -0.620. The molecule has 0 atom stereocenters. The van der Waals surface area contributed by atoms with Crippen LogP contribution in [0.4, 0.5) is 0 Å². The average Bonchev–Trinajstić information content (AvgIpc) is 2.11. The Kier molecular flexibility index (Phi) is 5.41. The van der Waals surface area contributed by atoms with E-state index in [-0.39, 0.29) is 12.4 Å². The van der Waals surface area contributed by atoms with Crippen LogP contribution in [0.15, 0.2) is 0 Å². The standard InChI is InChI=1S/C10H20O5S/c1-8(2)7-15-5-6-16(13,14)10(3,4)9(11)12/h8H,5-7H2,1-4H3,(H,11,12). The highest BCUT2D eigenvalue weighted by Crippen LogP contribution is 2.17. The highest BCUT2D eigenvalue weighted by Gasteiger charge is 2.41. The van der Waals surface area contributed by atoms with E-state index in [2.05, 4.69) is 0 Å². The normalized spacial score (nSPS) is 13.1. The first-order valence-electron chi connectivity index (χ1n) is 5.14. The third-order valence-electron chi connectivity index (χ3n) is 2.24. The van der Waals surface area contributed by atoms with Crippen molar-refractivity contribution in [2.75, 3.05) is 19.0 Å². The lowest BCUT2D eigenvalue weighted by Crippen LogP contribution is -2.42. The maximum absolute atomic E-state index is 11.7. The van der Waals surface area contributed by atoms with Gasteiger partial charge in [-0.1, -0.05) is 13.8 Å². The number of carbonyl (C=O) groups is 1. The van der Waals surface area contributed by atoms with Crippen LogP contribution in [0.1, 0.15) is 27.7 Å². The highest BCUT2D eigenvalue weighted by atomic mass is 32.2. The third kappa shape index (κ3) is 4.09. The second kappa shape index (κ2) is 5.63. The predicted molar refractivity (Wildman–Crippen MR) is 61.2 cm³/mol. The van der Waals surface area contributed by atoms with Gasteiger partial charge in [-0.3, -0.25) is 4.79 Å². The van der Waals surface area contributed by atoms with Crippen LogP contribution in [0.3, 0.4) is 0 Å². The fraction of sp³-hybridized carbons (Fsp3) is 0.900. The maximum Gasteiger partial charge on any atom is 0.324 e. The van der Waals surface area contributed by atoms with Gasteiger partial charge in [0.1, 0.15) is 0 Å². The van der Waals surface area contributed by atoms with Crippen LogP contribution in [0, 0.1) is 5.92 Å². The van der Waals surface area contributed by atoms with Gasteiger partial charge in [0.25, 0.3) is 0 Å². The van der Waals surface area contributed by atoms with Crippen molar-refractivity contribution in [3.8, 4) is 0 Å². The fourth-order valence-corrected chi connectivity index (χ4v) is 1.99. The number of aliphatic carboxylic acids is 1. The molecule has 0 fully saturated rings. The van der Waals surface area contributed by atoms with Crippen LogP contribution in [0.2, 0.25) is 0 Å². The van der Waals surface area contributed by atoms with Gasteiger partial charge in [0.05, 0.1) is 12.4 Å². The molecule has 0 spiro atoms.